The first-order chi connectivity index (χ1) is 8.15. The Labute approximate surface area is 108 Å². The lowest BCUT2D eigenvalue weighted by molar-refractivity contribution is 0.588. The van der Waals surface area contributed by atoms with Crippen LogP contribution in [0.1, 0.15) is 24.4 Å². The van der Waals surface area contributed by atoms with Gasteiger partial charge in [-0.05, 0) is 49.0 Å². The molecule has 0 aliphatic heterocycles. The van der Waals surface area contributed by atoms with E-state index in [9.17, 15) is 0 Å². The lowest BCUT2D eigenvalue weighted by atomic mass is 10.2. The van der Waals surface area contributed by atoms with Crippen molar-refractivity contribution < 1.29 is 0 Å². The summed E-state index contributed by atoms with van der Waals surface area (Å²) in [5.41, 5.74) is 2.10. The molecule has 1 heterocycles. The maximum atomic E-state index is 4.06. The van der Waals surface area contributed by atoms with Crippen molar-refractivity contribution in [3.05, 3.63) is 34.1 Å². The second-order valence-electron chi connectivity index (χ2n) is 3.84. The maximum absolute atomic E-state index is 4.06. The summed E-state index contributed by atoms with van der Waals surface area (Å²) >= 11 is 3.51. The minimum absolute atomic E-state index is 0.100. The Balaban J connectivity index is 2.54. The number of hydrogen-bond acceptors (Lipinski definition) is 4. The fraction of sp³-hybridized carbons (Fsp3) is 0.364. The van der Waals surface area contributed by atoms with E-state index < -0.39 is 0 Å². The van der Waals surface area contributed by atoms with Gasteiger partial charge in [0.15, 0.2) is 5.82 Å². The second kappa shape index (κ2) is 4.93. The van der Waals surface area contributed by atoms with Crippen molar-refractivity contribution in [2.45, 2.75) is 19.9 Å². The summed E-state index contributed by atoms with van der Waals surface area (Å²) in [6.07, 6.45) is 0. The Morgan fingerprint density at radius 3 is 2.88 bits per heavy atom. The zero-order valence-electron chi connectivity index (χ0n) is 9.98. The molecular formula is C11H14BrN5. The van der Waals surface area contributed by atoms with Gasteiger partial charge in [0.05, 0.1) is 11.7 Å². The van der Waals surface area contributed by atoms with E-state index in [0.29, 0.717) is 0 Å². The molecule has 1 atom stereocenters. The van der Waals surface area contributed by atoms with Crippen LogP contribution >= 0.6 is 15.9 Å². The Bertz CT molecular complexity index is 522. The summed E-state index contributed by atoms with van der Waals surface area (Å²) in [7, 11) is 1.89. The molecule has 0 radical (unpaired) electrons. The summed E-state index contributed by atoms with van der Waals surface area (Å²) in [5.74, 6) is 0.800. The number of rotatable bonds is 3. The fourth-order valence-electron chi connectivity index (χ4n) is 1.59. The van der Waals surface area contributed by atoms with E-state index in [1.54, 1.807) is 4.68 Å². The van der Waals surface area contributed by atoms with Crippen molar-refractivity contribution in [1.82, 2.24) is 25.5 Å². The summed E-state index contributed by atoms with van der Waals surface area (Å²) in [4.78, 5) is 0. The highest BCUT2D eigenvalue weighted by molar-refractivity contribution is 9.10. The molecule has 0 aliphatic carbocycles. The molecule has 0 fully saturated rings. The normalized spacial score (nSPS) is 12.7. The van der Waals surface area contributed by atoms with Crippen molar-refractivity contribution in [2.75, 3.05) is 7.05 Å². The van der Waals surface area contributed by atoms with E-state index in [0.717, 1.165) is 21.5 Å². The molecule has 1 unspecified atom stereocenters. The molecule has 1 N–H and O–H groups in total. The zero-order valence-corrected chi connectivity index (χ0v) is 11.6. The van der Waals surface area contributed by atoms with Gasteiger partial charge in [0.2, 0.25) is 0 Å². The van der Waals surface area contributed by atoms with Crippen LogP contribution in [-0.4, -0.2) is 27.3 Å². The smallest absolute Gasteiger partial charge is 0.173 e. The molecule has 2 aromatic rings. The first-order valence-corrected chi connectivity index (χ1v) is 6.15. The SMILES string of the molecule is CNC(C)c1nnnn1-c1cccc(Br)c1C. The monoisotopic (exact) mass is 295 g/mol. The predicted octanol–water partition coefficient (Wildman–Crippen LogP) is 2.01. The summed E-state index contributed by atoms with van der Waals surface area (Å²) in [6.45, 7) is 4.06. The molecule has 5 nitrogen and oxygen atoms in total. The Morgan fingerprint density at radius 1 is 1.41 bits per heavy atom. The Morgan fingerprint density at radius 2 is 2.18 bits per heavy atom. The topological polar surface area (TPSA) is 55.6 Å². The lowest BCUT2D eigenvalue weighted by Crippen LogP contribution is -2.18. The third-order valence-electron chi connectivity index (χ3n) is 2.78. The molecule has 17 heavy (non-hydrogen) atoms. The molecule has 0 aliphatic rings. The average molecular weight is 296 g/mol. The van der Waals surface area contributed by atoms with Crippen LogP contribution < -0.4 is 5.32 Å². The fourth-order valence-corrected chi connectivity index (χ4v) is 1.95. The van der Waals surface area contributed by atoms with Crippen molar-refractivity contribution in [3.63, 3.8) is 0 Å². The first-order valence-electron chi connectivity index (χ1n) is 5.36. The van der Waals surface area contributed by atoms with Gasteiger partial charge in [-0.3, -0.25) is 0 Å². The van der Waals surface area contributed by atoms with E-state index in [1.165, 1.54) is 0 Å². The number of hydrogen-bond donors (Lipinski definition) is 1. The number of halogens is 1. The second-order valence-corrected chi connectivity index (χ2v) is 4.70. The van der Waals surface area contributed by atoms with E-state index in [4.69, 9.17) is 0 Å². The van der Waals surface area contributed by atoms with E-state index in [-0.39, 0.29) is 6.04 Å². The summed E-state index contributed by atoms with van der Waals surface area (Å²) in [5, 5.41) is 15.0. The quantitative estimate of drug-likeness (QED) is 0.941. The number of nitrogens with one attached hydrogen (secondary N) is 1. The summed E-state index contributed by atoms with van der Waals surface area (Å²) < 4.78 is 2.81. The molecule has 0 saturated carbocycles. The molecule has 0 saturated heterocycles. The molecule has 0 bridgehead atoms. The molecule has 0 amide bonds. The van der Waals surface area contributed by atoms with Crippen molar-refractivity contribution in [2.24, 2.45) is 0 Å². The van der Waals surface area contributed by atoms with Crippen LogP contribution in [0.4, 0.5) is 0 Å². The highest BCUT2D eigenvalue weighted by atomic mass is 79.9. The number of aromatic nitrogens is 4. The van der Waals surface area contributed by atoms with Crippen LogP contribution in [0.15, 0.2) is 22.7 Å². The molecule has 6 heteroatoms. The van der Waals surface area contributed by atoms with E-state index in [1.807, 2.05) is 39.1 Å². The van der Waals surface area contributed by atoms with Gasteiger partial charge in [-0.15, -0.1) is 5.10 Å². The van der Waals surface area contributed by atoms with Crippen molar-refractivity contribution in [1.29, 1.82) is 0 Å². The minimum atomic E-state index is 0.100. The highest BCUT2D eigenvalue weighted by Crippen LogP contribution is 2.23. The van der Waals surface area contributed by atoms with Crippen molar-refractivity contribution >= 4 is 15.9 Å². The van der Waals surface area contributed by atoms with Gasteiger partial charge in [-0.25, -0.2) is 0 Å². The predicted molar refractivity (Wildman–Crippen MR) is 69.1 cm³/mol. The van der Waals surface area contributed by atoms with E-state index >= 15 is 0 Å². The highest BCUT2D eigenvalue weighted by Gasteiger charge is 2.15. The molecular weight excluding hydrogens is 282 g/mol. The van der Waals surface area contributed by atoms with Crippen LogP contribution in [0.2, 0.25) is 0 Å². The Hall–Kier alpha value is -1.27. The van der Waals surface area contributed by atoms with Gasteiger partial charge in [0.1, 0.15) is 0 Å². The third kappa shape index (κ3) is 2.23. The maximum Gasteiger partial charge on any atom is 0.173 e. The first kappa shape index (κ1) is 12.2. The molecule has 2 rings (SSSR count). The van der Waals surface area contributed by atoms with Crippen LogP contribution in [-0.2, 0) is 0 Å². The van der Waals surface area contributed by atoms with Gasteiger partial charge in [-0.2, -0.15) is 4.68 Å². The number of tetrazole rings is 1. The molecule has 1 aromatic carbocycles. The third-order valence-corrected chi connectivity index (χ3v) is 3.64. The minimum Gasteiger partial charge on any atom is -0.311 e. The van der Waals surface area contributed by atoms with Gasteiger partial charge < -0.3 is 5.32 Å². The van der Waals surface area contributed by atoms with Gasteiger partial charge in [0.25, 0.3) is 0 Å². The number of nitrogens with zero attached hydrogens (tertiary/aromatic N) is 4. The largest absolute Gasteiger partial charge is 0.311 e. The summed E-state index contributed by atoms with van der Waals surface area (Å²) in [6, 6.07) is 6.08. The van der Waals surface area contributed by atoms with Crippen LogP contribution in [0.5, 0.6) is 0 Å². The standard InChI is InChI=1S/C11H14BrN5/c1-7-9(12)5-4-6-10(7)17-11(8(2)13-3)14-15-16-17/h4-6,8,13H,1-3H3. The average Bonchev–Trinajstić information content (AvgIpc) is 2.80. The van der Waals surface area contributed by atoms with Crippen LogP contribution in [0, 0.1) is 6.92 Å². The molecule has 0 spiro atoms. The molecule has 90 valence electrons. The Kier molecular flexibility index (Phi) is 3.54. The van der Waals surface area contributed by atoms with Crippen LogP contribution in [0.25, 0.3) is 5.69 Å². The van der Waals surface area contributed by atoms with Gasteiger partial charge >= 0.3 is 0 Å². The molecule has 1 aromatic heterocycles. The van der Waals surface area contributed by atoms with Gasteiger partial charge in [-0.1, -0.05) is 22.0 Å². The lowest BCUT2D eigenvalue weighted by Gasteiger charge is -2.12. The van der Waals surface area contributed by atoms with Gasteiger partial charge in [0, 0.05) is 4.47 Å². The van der Waals surface area contributed by atoms with Crippen LogP contribution in [0.3, 0.4) is 0 Å². The zero-order chi connectivity index (χ0) is 12.4. The van der Waals surface area contributed by atoms with Crippen molar-refractivity contribution in [3.8, 4) is 5.69 Å². The number of benzene rings is 1. The van der Waals surface area contributed by atoms with E-state index in [2.05, 4.69) is 36.8 Å².